The fraction of sp³-hybridized carbons (Fsp3) is 0. The number of carbonyl (C=O) groups excluding carboxylic acids is 1. The summed E-state index contributed by atoms with van der Waals surface area (Å²) in [6.07, 6.45) is 1.37. The number of nitrogens with zero attached hydrogens (tertiary/aromatic N) is 1. The number of benzene rings is 2. The number of hydrogen-bond donors (Lipinski definition) is 2. The molecular weight excluding hydrogens is 548 g/mol. The molecule has 0 spiro atoms. The number of carbonyl (C=O) groups is 1. The summed E-state index contributed by atoms with van der Waals surface area (Å²) in [6, 6.07) is 8.65. The lowest BCUT2D eigenvalue weighted by Gasteiger charge is -2.05. The van der Waals surface area contributed by atoms with Gasteiger partial charge in [-0.05, 0) is 72.1 Å². The van der Waals surface area contributed by atoms with Crippen LogP contribution in [0.1, 0.15) is 15.9 Å². The second-order valence-electron chi connectivity index (χ2n) is 4.13. The zero-order valence-electron chi connectivity index (χ0n) is 10.8. The lowest BCUT2D eigenvalue weighted by molar-refractivity contribution is 0.0954. The highest BCUT2D eigenvalue weighted by Crippen LogP contribution is 2.30. The number of nitrogens with one attached hydrogen (secondary N) is 1. The van der Waals surface area contributed by atoms with Crippen LogP contribution in [0.15, 0.2) is 53.3 Å². The normalized spacial score (nSPS) is 10.9. The van der Waals surface area contributed by atoms with E-state index in [0.29, 0.717) is 20.1 Å². The van der Waals surface area contributed by atoms with E-state index in [-0.39, 0.29) is 11.7 Å². The molecule has 0 atom stereocenters. The van der Waals surface area contributed by atoms with Crippen molar-refractivity contribution in [1.82, 2.24) is 5.43 Å². The summed E-state index contributed by atoms with van der Waals surface area (Å²) < 4.78 is 2.73. The number of halogens is 4. The van der Waals surface area contributed by atoms with Crippen LogP contribution in [0.5, 0.6) is 5.75 Å². The number of phenolic OH excluding ortho intramolecular Hbond substituents is 1. The predicted octanol–water partition coefficient (Wildman–Crippen LogP) is 5.21. The van der Waals surface area contributed by atoms with Crippen LogP contribution in [0.3, 0.4) is 0 Å². The SMILES string of the molecule is O=C(N/N=C/c1cc(Br)cc(Br)c1O)c1cccc(Br)c1Br. The lowest BCUT2D eigenvalue weighted by atomic mass is 10.2. The molecule has 0 aliphatic carbocycles. The van der Waals surface area contributed by atoms with E-state index in [1.54, 1.807) is 24.3 Å². The number of aromatic hydroxyl groups is 1. The minimum absolute atomic E-state index is 0.0461. The second kappa shape index (κ2) is 7.72. The quantitative estimate of drug-likeness (QED) is 0.404. The topological polar surface area (TPSA) is 61.7 Å². The van der Waals surface area contributed by atoms with E-state index >= 15 is 0 Å². The molecule has 22 heavy (non-hydrogen) atoms. The first kappa shape index (κ1) is 17.7. The zero-order chi connectivity index (χ0) is 16.3. The molecule has 2 aromatic rings. The van der Waals surface area contributed by atoms with E-state index in [2.05, 4.69) is 74.2 Å². The van der Waals surface area contributed by atoms with E-state index in [1.807, 2.05) is 6.07 Å². The van der Waals surface area contributed by atoms with Crippen molar-refractivity contribution in [2.45, 2.75) is 0 Å². The Hall–Kier alpha value is -0.700. The van der Waals surface area contributed by atoms with E-state index in [1.165, 1.54) is 6.21 Å². The summed E-state index contributed by atoms with van der Waals surface area (Å²) >= 11 is 13.2. The largest absolute Gasteiger partial charge is 0.506 e. The van der Waals surface area contributed by atoms with Crippen LogP contribution in [0.4, 0.5) is 0 Å². The Morgan fingerprint density at radius 1 is 1.14 bits per heavy atom. The van der Waals surface area contributed by atoms with Gasteiger partial charge in [-0.1, -0.05) is 22.0 Å². The van der Waals surface area contributed by atoms with Gasteiger partial charge in [0, 0.05) is 19.0 Å². The maximum Gasteiger partial charge on any atom is 0.272 e. The second-order valence-corrected chi connectivity index (χ2v) is 7.54. The van der Waals surface area contributed by atoms with Gasteiger partial charge >= 0.3 is 0 Å². The highest BCUT2D eigenvalue weighted by molar-refractivity contribution is 9.13. The molecule has 0 unspecified atom stereocenters. The number of hydrazone groups is 1. The Morgan fingerprint density at radius 3 is 2.59 bits per heavy atom. The van der Waals surface area contributed by atoms with Crippen LogP contribution in [0.25, 0.3) is 0 Å². The molecule has 0 aromatic heterocycles. The monoisotopic (exact) mass is 552 g/mol. The van der Waals surface area contributed by atoms with Gasteiger partial charge in [0.1, 0.15) is 5.75 Å². The van der Waals surface area contributed by atoms with Crippen molar-refractivity contribution in [3.8, 4) is 5.75 Å². The number of amides is 1. The Kier molecular flexibility index (Phi) is 6.19. The van der Waals surface area contributed by atoms with Crippen LogP contribution < -0.4 is 5.43 Å². The van der Waals surface area contributed by atoms with Gasteiger partial charge in [-0.2, -0.15) is 5.10 Å². The molecule has 2 N–H and O–H groups in total. The fourth-order valence-corrected chi connectivity index (χ4v) is 3.65. The molecule has 2 rings (SSSR count). The van der Waals surface area contributed by atoms with Crippen molar-refractivity contribution in [2.75, 3.05) is 0 Å². The molecule has 0 aliphatic heterocycles. The van der Waals surface area contributed by atoms with Crippen LogP contribution in [-0.2, 0) is 0 Å². The van der Waals surface area contributed by atoms with Gasteiger partial charge in [0.05, 0.1) is 16.3 Å². The number of hydrogen-bond acceptors (Lipinski definition) is 3. The van der Waals surface area contributed by atoms with E-state index in [9.17, 15) is 9.90 Å². The highest BCUT2D eigenvalue weighted by atomic mass is 79.9. The standard InChI is InChI=1S/C14H8Br4N2O2/c15-8-4-7(13(21)11(17)5-8)6-19-20-14(22)9-2-1-3-10(16)12(9)18/h1-6,21H,(H,20,22)/b19-6+. The molecule has 0 bridgehead atoms. The minimum Gasteiger partial charge on any atom is -0.506 e. The molecule has 8 heteroatoms. The summed E-state index contributed by atoms with van der Waals surface area (Å²) in [6.45, 7) is 0. The molecule has 0 saturated heterocycles. The summed E-state index contributed by atoms with van der Waals surface area (Å²) in [5.41, 5.74) is 3.34. The van der Waals surface area contributed by atoms with Crippen LogP contribution in [0, 0.1) is 0 Å². The average molecular weight is 556 g/mol. The number of phenols is 1. The van der Waals surface area contributed by atoms with Crippen molar-refractivity contribution in [3.05, 3.63) is 59.3 Å². The van der Waals surface area contributed by atoms with E-state index in [0.717, 1.165) is 8.95 Å². The molecule has 2 aromatic carbocycles. The van der Waals surface area contributed by atoms with Gasteiger partial charge in [-0.3, -0.25) is 4.79 Å². The molecule has 1 amide bonds. The Balaban J connectivity index is 2.16. The van der Waals surface area contributed by atoms with Gasteiger partial charge in [0.25, 0.3) is 5.91 Å². The fourth-order valence-electron chi connectivity index (χ4n) is 1.58. The summed E-state index contributed by atoms with van der Waals surface area (Å²) in [7, 11) is 0. The zero-order valence-corrected chi connectivity index (χ0v) is 17.1. The summed E-state index contributed by atoms with van der Waals surface area (Å²) in [4.78, 5) is 12.1. The lowest BCUT2D eigenvalue weighted by Crippen LogP contribution is -2.18. The van der Waals surface area contributed by atoms with Crippen molar-refractivity contribution < 1.29 is 9.90 Å². The Labute approximate surface area is 160 Å². The van der Waals surface area contributed by atoms with Gasteiger partial charge in [0.2, 0.25) is 0 Å². The van der Waals surface area contributed by atoms with E-state index in [4.69, 9.17) is 0 Å². The molecule has 4 nitrogen and oxygen atoms in total. The third-order valence-electron chi connectivity index (χ3n) is 2.62. The third kappa shape index (κ3) is 4.18. The van der Waals surface area contributed by atoms with Gasteiger partial charge in [-0.25, -0.2) is 5.43 Å². The highest BCUT2D eigenvalue weighted by Gasteiger charge is 2.11. The van der Waals surface area contributed by atoms with Crippen molar-refractivity contribution in [3.63, 3.8) is 0 Å². The summed E-state index contributed by atoms with van der Waals surface area (Å²) in [5, 5.41) is 13.8. The minimum atomic E-state index is -0.363. The van der Waals surface area contributed by atoms with Crippen molar-refractivity contribution >= 4 is 75.8 Å². The first-order valence-corrected chi connectivity index (χ1v) is 9.02. The Bertz CT molecular complexity index is 763. The van der Waals surface area contributed by atoms with Gasteiger partial charge in [0.15, 0.2) is 0 Å². The van der Waals surface area contributed by atoms with Crippen LogP contribution >= 0.6 is 63.7 Å². The molecule has 0 aliphatic rings. The molecule has 0 heterocycles. The predicted molar refractivity (Wildman–Crippen MR) is 100 cm³/mol. The summed E-state index contributed by atoms with van der Waals surface area (Å²) in [5.74, 6) is -0.317. The first-order valence-electron chi connectivity index (χ1n) is 5.85. The molecule has 0 saturated carbocycles. The van der Waals surface area contributed by atoms with Crippen molar-refractivity contribution in [2.24, 2.45) is 5.10 Å². The maximum absolute atomic E-state index is 12.1. The molecule has 0 fully saturated rings. The maximum atomic E-state index is 12.1. The van der Waals surface area contributed by atoms with Crippen molar-refractivity contribution in [1.29, 1.82) is 0 Å². The first-order chi connectivity index (χ1) is 10.4. The van der Waals surface area contributed by atoms with Crippen LogP contribution in [0.2, 0.25) is 0 Å². The molecular formula is C14H8Br4N2O2. The van der Waals surface area contributed by atoms with Gasteiger partial charge < -0.3 is 5.11 Å². The average Bonchev–Trinajstić information content (AvgIpc) is 2.46. The Morgan fingerprint density at radius 2 is 1.86 bits per heavy atom. The third-order valence-corrected chi connectivity index (χ3v) is 5.73. The molecule has 114 valence electrons. The smallest absolute Gasteiger partial charge is 0.272 e. The van der Waals surface area contributed by atoms with Crippen LogP contribution in [-0.4, -0.2) is 17.2 Å². The van der Waals surface area contributed by atoms with Gasteiger partial charge in [-0.15, -0.1) is 0 Å². The molecule has 0 radical (unpaired) electrons. The van der Waals surface area contributed by atoms with E-state index < -0.39 is 0 Å². The number of rotatable bonds is 3.